The number of hydrogen-bond donors (Lipinski definition) is 1. The lowest BCUT2D eigenvalue weighted by atomic mass is 10.3. The highest BCUT2D eigenvalue weighted by molar-refractivity contribution is 7.92. The number of aromatic nitrogens is 2. The van der Waals surface area contributed by atoms with Gasteiger partial charge in [0.2, 0.25) is 10.0 Å². The fourth-order valence-corrected chi connectivity index (χ4v) is 5.88. The molecule has 2 rings (SSSR count). The number of aryl methyl sites for hydroxylation is 1. The van der Waals surface area contributed by atoms with Gasteiger partial charge in [0.25, 0.3) is 0 Å². The van der Waals surface area contributed by atoms with Crippen LogP contribution in [0.25, 0.3) is 0 Å². The van der Waals surface area contributed by atoms with Crippen LogP contribution in [0.4, 0.5) is 5.82 Å². The van der Waals surface area contributed by atoms with Crippen LogP contribution in [-0.2, 0) is 26.9 Å². The van der Waals surface area contributed by atoms with Crippen molar-refractivity contribution in [2.24, 2.45) is 7.05 Å². The standard InChI is InChI=1S/C10H18N4O4S2/c1-7-9(10(11)12-13(7)2)20(17,18)14(3)8-4-5-19(15,16)6-8/h8H,4-6H2,1-3H3,(H2,11,12). The Morgan fingerprint density at radius 3 is 2.45 bits per heavy atom. The summed E-state index contributed by atoms with van der Waals surface area (Å²) in [4.78, 5) is -0.0493. The van der Waals surface area contributed by atoms with Crippen molar-refractivity contribution < 1.29 is 16.8 Å². The van der Waals surface area contributed by atoms with Crippen molar-refractivity contribution in [3.05, 3.63) is 5.69 Å². The third kappa shape index (κ3) is 2.42. The largest absolute Gasteiger partial charge is 0.381 e. The van der Waals surface area contributed by atoms with Crippen LogP contribution in [0.1, 0.15) is 12.1 Å². The Morgan fingerprint density at radius 2 is 2.05 bits per heavy atom. The molecule has 0 aliphatic carbocycles. The van der Waals surface area contributed by atoms with E-state index in [0.717, 1.165) is 4.31 Å². The summed E-state index contributed by atoms with van der Waals surface area (Å²) in [7, 11) is -4.03. The molecular weight excluding hydrogens is 304 g/mol. The molecule has 2 heterocycles. The maximum atomic E-state index is 12.6. The molecule has 114 valence electrons. The van der Waals surface area contributed by atoms with Crippen molar-refractivity contribution in [1.82, 2.24) is 14.1 Å². The predicted molar refractivity (Wildman–Crippen MR) is 74.4 cm³/mol. The van der Waals surface area contributed by atoms with Gasteiger partial charge in [-0.15, -0.1) is 0 Å². The molecule has 0 radical (unpaired) electrons. The maximum absolute atomic E-state index is 12.6. The molecule has 1 fully saturated rings. The van der Waals surface area contributed by atoms with E-state index in [1.165, 1.54) is 11.7 Å². The van der Waals surface area contributed by atoms with Crippen molar-refractivity contribution >= 4 is 25.7 Å². The zero-order valence-electron chi connectivity index (χ0n) is 11.6. The van der Waals surface area contributed by atoms with Crippen LogP contribution >= 0.6 is 0 Å². The smallest absolute Gasteiger partial charge is 0.248 e. The zero-order valence-corrected chi connectivity index (χ0v) is 13.2. The van der Waals surface area contributed by atoms with Crippen LogP contribution in [0.2, 0.25) is 0 Å². The number of sulfone groups is 1. The van der Waals surface area contributed by atoms with Gasteiger partial charge in [0, 0.05) is 20.1 Å². The highest BCUT2D eigenvalue weighted by atomic mass is 32.2. The molecule has 1 atom stereocenters. The van der Waals surface area contributed by atoms with E-state index in [4.69, 9.17) is 5.73 Å². The van der Waals surface area contributed by atoms with Gasteiger partial charge in [-0.3, -0.25) is 4.68 Å². The average molecular weight is 322 g/mol. The monoisotopic (exact) mass is 322 g/mol. The summed E-state index contributed by atoms with van der Waals surface area (Å²) in [6.45, 7) is 1.61. The quantitative estimate of drug-likeness (QED) is 0.772. The molecule has 1 aliphatic rings. The molecular formula is C10H18N4O4S2. The second-order valence-corrected chi connectivity index (χ2v) is 9.16. The van der Waals surface area contributed by atoms with E-state index in [1.54, 1.807) is 14.0 Å². The molecule has 0 bridgehead atoms. The van der Waals surface area contributed by atoms with Crippen LogP contribution in [0.5, 0.6) is 0 Å². The molecule has 0 amide bonds. The minimum Gasteiger partial charge on any atom is -0.381 e. The topological polar surface area (TPSA) is 115 Å². The minimum atomic E-state index is -3.85. The van der Waals surface area contributed by atoms with Crippen LogP contribution in [0.15, 0.2) is 4.90 Å². The van der Waals surface area contributed by atoms with Gasteiger partial charge in [0.1, 0.15) is 4.90 Å². The summed E-state index contributed by atoms with van der Waals surface area (Å²) >= 11 is 0. The molecule has 2 N–H and O–H groups in total. The molecule has 20 heavy (non-hydrogen) atoms. The van der Waals surface area contributed by atoms with Gasteiger partial charge in [-0.25, -0.2) is 16.8 Å². The first-order valence-electron chi connectivity index (χ1n) is 6.04. The van der Waals surface area contributed by atoms with Crippen molar-refractivity contribution in [3.8, 4) is 0 Å². The van der Waals surface area contributed by atoms with Crippen LogP contribution < -0.4 is 5.73 Å². The Labute approximate surface area is 118 Å². The van der Waals surface area contributed by atoms with Crippen molar-refractivity contribution in [2.75, 3.05) is 24.3 Å². The first kappa shape index (κ1) is 15.3. The molecule has 1 unspecified atom stereocenters. The van der Waals surface area contributed by atoms with Crippen LogP contribution in [0, 0.1) is 6.92 Å². The average Bonchev–Trinajstić information content (AvgIpc) is 2.79. The minimum absolute atomic E-state index is 0.0129. The summed E-state index contributed by atoms with van der Waals surface area (Å²) in [6.07, 6.45) is 0.303. The normalized spacial score (nSPS) is 22.5. The van der Waals surface area contributed by atoms with E-state index in [9.17, 15) is 16.8 Å². The molecule has 0 aromatic carbocycles. The number of nitrogen functional groups attached to an aromatic ring is 1. The third-order valence-corrected chi connectivity index (χ3v) is 7.49. The lowest BCUT2D eigenvalue weighted by Crippen LogP contribution is -2.38. The number of rotatable bonds is 3. The van der Waals surface area contributed by atoms with Gasteiger partial charge >= 0.3 is 0 Å². The number of sulfonamides is 1. The number of nitrogens with zero attached hydrogens (tertiary/aromatic N) is 3. The van der Waals surface area contributed by atoms with E-state index >= 15 is 0 Å². The Morgan fingerprint density at radius 1 is 1.45 bits per heavy atom. The summed E-state index contributed by atoms with van der Waals surface area (Å²) in [5, 5.41) is 3.88. The Kier molecular flexibility index (Phi) is 3.59. The summed E-state index contributed by atoms with van der Waals surface area (Å²) in [6, 6.07) is -0.552. The number of nitrogens with two attached hydrogens (primary N) is 1. The molecule has 0 spiro atoms. The second-order valence-electron chi connectivity index (χ2n) is 5.00. The van der Waals surface area contributed by atoms with E-state index < -0.39 is 25.9 Å². The second kappa shape index (κ2) is 4.71. The molecule has 1 aliphatic heterocycles. The summed E-state index contributed by atoms with van der Waals surface area (Å²) in [5.74, 6) is -0.209. The van der Waals surface area contributed by atoms with Crippen LogP contribution in [0.3, 0.4) is 0 Å². The van der Waals surface area contributed by atoms with Crippen molar-refractivity contribution in [3.63, 3.8) is 0 Å². The van der Waals surface area contributed by atoms with E-state index in [1.807, 2.05) is 0 Å². The Hall–Kier alpha value is -1.13. The van der Waals surface area contributed by atoms with E-state index in [-0.39, 0.29) is 22.2 Å². The lowest BCUT2D eigenvalue weighted by molar-refractivity contribution is 0.394. The fraction of sp³-hybridized carbons (Fsp3) is 0.700. The number of hydrogen-bond acceptors (Lipinski definition) is 6. The van der Waals surface area contributed by atoms with Crippen LogP contribution in [-0.4, -0.2) is 55.5 Å². The Balaban J connectivity index is 2.41. The van der Waals surface area contributed by atoms with Gasteiger partial charge in [0.15, 0.2) is 15.7 Å². The molecule has 1 aromatic rings. The molecule has 10 heteroatoms. The summed E-state index contributed by atoms with van der Waals surface area (Å²) < 4.78 is 50.6. The first-order valence-corrected chi connectivity index (χ1v) is 9.30. The molecule has 1 aromatic heterocycles. The first-order chi connectivity index (χ1) is 9.06. The maximum Gasteiger partial charge on any atom is 0.248 e. The lowest BCUT2D eigenvalue weighted by Gasteiger charge is -2.22. The highest BCUT2D eigenvalue weighted by Crippen LogP contribution is 2.28. The molecule has 0 saturated carbocycles. The van der Waals surface area contributed by atoms with Crippen molar-refractivity contribution in [1.29, 1.82) is 0 Å². The van der Waals surface area contributed by atoms with Crippen molar-refractivity contribution in [2.45, 2.75) is 24.3 Å². The predicted octanol–water partition coefficient (Wildman–Crippen LogP) is -0.882. The van der Waals surface area contributed by atoms with Gasteiger partial charge < -0.3 is 5.73 Å². The van der Waals surface area contributed by atoms with Gasteiger partial charge in [-0.05, 0) is 13.3 Å². The van der Waals surface area contributed by atoms with Gasteiger partial charge in [-0.1, -0.05) is 0 Å². The molecule has 8 nitrogen and oxygen atoms in total. The highest BCUT2D eigenvalue weighted by Gasteiger charge is 2.38. The Bertz CT molecular complexity index is 736. The SMILES string of the molecule is Cc1c(S(=O)(=O)N(C)C2CCS(=O)(=O)C2)c(N)nn1C. The third-order valence-electron chi connectivity index (χ3n) is 3.66. The molecule has 1 saturated heterocycles. The van der Waals surface area contributed by atoms with E-state index in [2.05, 4.69) is 5.10 Å². The van der Waals surface area contributed by atoms with Gasteiger partial charge in [0.05, 0.1) is 17.2 Å². The fourth-order valence-electron chi connectivity index (χ4n) is 2.34. The zero-order chi connectivity index (χ0) is 15.3. The van der Waals surface area contributed by atoms with E-state index in [0.29, 0.717) is 12.1 Å². The number of anilines is 1. The summed E-state index contributed by atoms with van der Waals surface area (Å²) in [5.41, 5.74) is 6.09. The van der Waals surface area contributed by atoms with Gasteiger partial charge in [-0.2, -0.15) is 9.40 Å².